The molecule has 4 rings (SSSR count). The topological polar surface area (TPSA) is 15.6 Å². The van der Waals surface area contributed by atoms with Gasteiger partial charge in [-0.2, -0.15) is 5.10 Å². The Hall–Kier alpha value is -1.80. The van der Waals surface area contributed by atoms with Crippen molar-refractivity contribution in [2.75, 3.05) is 5.01 Å². The summed E-state index contributed by atoms with van der Waals surface area (Å²) in [6.07, 6.45) is 1.17. The monoisotopic (exact) mass is 338 g/mol. The molecule has 0 radical (unpaired) electrons. The lowest BCUT2D eigenvalue weighted by atomic mass is 9.78. The van der Waals surface area contributed by atoms with Crippen LogP contribution in [0.5, 0.6) is 0 Å². The number of fused-ring (bicyclic) bond motifs is 1. The van der Waals surface area contributed by atoms with E-state index in [9.17, 15) is 0 Å². The van der Waals surface area contributed by atoms with E-state index in [0.29, 0.717) is 17.9 Å². The minimum Gasteiger partial charge on any atom is -0.259 e. The van der Waals surface area contributed by atoms with Gasteiger partial charge in [-0.05, 0) is 35.4 Å². The van der Waals surface area contributed by atoms with E-state index in [1.165, 1.54) is 17.7 Å². The van der Waals surface area contributed by atoms with E-state index in [1.807, 2.05) is 18.2 Å². The third-order valence-corrected chi connectivity index (χ3v) is 6.34. The molecule has 1 heterocycles. The minimum absolute atomic E-state index is 0.184. The molecule has 3 atom stereocenters. The van der Waals surface area contributed by atoms with Crippen molar-refractivity contribution < 1.29 is 0 Å². The molecule has 2 aromatic carbocycles. The number of halogens is 1. The highest BCUT2D eigenvalue weighted by atomic mass is 35.5. The molecule has 24 heavy (non-hydrogen) atoms. The van der Waals surface area contributed by atoms with Crippen LogP contribution in [0.3, 0.4) is 0 Å². The third kappa shape index (κ3) is 2.28. The summed E-state index contributed by atoms with van der Waals surface area (Å²) in [4.78, 5) is 0. The molecule has 2 aromatic rings. The maximum atomic E-state index is 6.51. The molecule has 0 bridgehead atoms. The van der Waals surface area contributed by atoms with Gasteiger partial charge in [-0.1, -0.05) is 74.8 Å². The maximum absolute atomic E-state index is 6.51. The number of rotatable bonds is 2. The van der Waals surface area contributed by atoms with Crippen LogP contribution in [0, 0.1) is 17.3 Å². The van der Waals surface area contributed by atoms with E-state index in [2.05, 4.69) is 62.2 Å². The molecule has 0 saturated heterocycles. The van der Waals surface area contributed by atoms with Crippen LogP contribution in [0.4, 0.5) is 5.69 Å². The Morgan fingerprint density at radius 2 is 1.71 bits per heavy atom. The van der Waals surface area contributed by atoms with Crippen molar-refractivity contribution in [2.45, 2.75) is 33.2 Å². The number of benzene rings is 2. The Morgan fingerprint density at radius 3 is 2.42 bits per heavy atom. The second-order valence-electron chi connectivity index (χ2n) is 7.66. The minimum atomic E-state index is 0.184. The number of hydrazone groups is 1. The summed E-state index contributed by atoms with van der Waals surface area (Å²) < 4.78 is 0. The molecule has 0 N–H and O–H groups in total. The van der Waals surface area contributed by atoms with Crippen molar-refractivity contribution in [3.8, 4) is 0 Å². The summed E-state index contributed by atoms with van der Waals surface area (Å²) in [5.41, 5.74) is 3.64. The standard InChI is InChI=1S/C21H23ClN2/c1-14-13-16-19(15-9-5-4-6-10-15)23-24(20(16)21(14,2)3)18-12-8-7-11-17(18)22/h4-12,14,16,20H,13H2,1-3H3/t14?,16-,20+/m0/s1. The Kier molecular flexibility index (Phi) is 3.69. The van der Waals surface area contributed by atoms with Gasteiger partial charge in [-0.3, -0.25) is 5.01 Å². The Labute approximate surface area is 149 Å². The van der Waals surface area contributed by atoms with Crippen molar-refractivity contribution in [3.63, 3.8) is 0 Å². The fraction of sp³-hybridized carbons (Fsp3) is 0.381. The summed E-state index contributed by atoms with van der Waals surface area (Å²) in [7, 11) is 0. The molecular weight excluding hydrogens is 316 g/mol. The number of hydrogen-bond donors (Lipinski definition) is 0. The van der Waals surface area contributed by atoms with Gasteiger partial charge in [0.25, 0.3) is 0 Å². The molecular formula is C21H23ClN2. The largest absolute Gasteiger partial charge is 0.259 e. The summed E-state index contributed by atoms with van der Waals surface area (Å²) in [6.45, 7) is 7.11. The molecule has 1 saturated carbocycles. The predicted molar refractivity (Wildman–Crippen MR) is 102 cm³/mol. The van der Waals surface area contributed by atoms with Crippen molar-refractivity contribution in [1.82, 2.24) is 0 Å². The first-order valence-electron chi connectivity index (χ1n) is 8.68. The molecule has 0 aromatic heterocycles. The average molecular weight is 339 g/mol. The van der Waals surface area contributed by atoms with Gasteiger partial charge >= 0.3 is 0 Å². The molecule has 0 amide bonds. The predicted octanol–water partition coefficient (Wildman–Crippen LogP) is 5.62. The van der Waals surface area contributed by atoms with Gasteiger partial charge in [0.1, 0.15) is 0 Å². The fourth-order valence-corrected chi connectivity index (χ4v) is 4.57. The first-order valence-corrected chi connectivity index (χ1v) is 9.05. The maximum Gasteiger partial charge on any atom is 0.0784 e. The lowest BCUT2D eigenvalue weighted by Crippen LogP contribution is -2.41. The van der Waals surface area contributed by atoms with Crippen LogP contribution in [-0.4, -0.2) is 11.8 Å². The Balaban J connectivity index is 1.85. The zero-order valence-corrected chi connectivity index (χ0v) is 15.2. The molecule has 1 unspecified atom stereocenters. The SMILES string of the molecule is CC1C[C@H]2C(c3ccccc3)=NN(c3ccccc3Cl)[C@H]2C1(C)C. The smallest absolute Gasteiger partial charge is 0.0784 e. The lowest BCUT2D eigenvalue weighted by molar-refractivity contribution is 0.242. The molecule has 1 aliphatic heterocycles. The first-order chi connectivity index (χ1) is 11.5. The quantitative estimate of drug-likeness (QED) is 0.694. The van der Waals surface area contributed by atoms with Crippen molar-refractivity contribution >= 4 is 23.0 Å². The number of anilines is 1. The molecule has 2 aliphatic rings. The molecule has 0 spiro atoms. The van der Waals surface area contributed by atoms with Crippen LogP contribution in [0.15, 0.2) is 59.7 Å². The highest BCUT2D eigenvalue weighted by Gasteiger charge is 2.55. The van der Waals surface area contributed by atoms with Crippen molar-refractivity contribution in [1.29, 1.82) is 0 Å². The molecule has 124 valence electrons. The summed E-state index contributed by atoms with van der Waals surface area (Å²) in [5, 5.41) is 8.03. The van der Waals surface area contributed by atoms with Crippen LogP contribution in [0.2, 0.25) is 5.02 Å². The summed E-state index contributed by atoms with van der Waals surface area (Å²) >= 11 is 6.51. The average Bonchev–Trinajstić information content (AvgIpc) is 3.05. The lowest BCUT2D eigenvalue weighted by Gasteiger charge is -2.36. The van der Waals surface area contributed by atoms with Gasteiger partial charge in [-0.25, -0.2) is 0 Å². The van der Waals surface area contributed by atoms with Crippen LogP contribution < -0.4 is 5.01 Å². The van der Waals surface area contributed by atoms with E-state index in [4.69, 9.17) is 16.7 Å². The van der Waals surface area contributed by atoms with E-state index in [1.54, 1.807) is 0 Å². The van der Waals surface area contributed by atoms with Crippen molar-refractivity contribution in [2.24, 2.45) is 22.4 Å². The normalized spacial score (nSPS) is 27.9. The second-order valence-corrected chi connectivity index (χ2v) is 8.06. The van der Waals surface area contributed by atoms with E-state index in [0.717, 1.165) is 10.7 Å². The zero-order chi connectivity index (χ0) is 16.9. The van der Waals surface area contributed by atoms with E-state index < -0.39 is 0 Å². The molecule has 1 aliphatic carbocycles. The summed E-state index contributed by atoms with van der Waals surface area (Å²) in [6, 6.07) is 19.0. The van der Waals surface area contributed by atoms with Gasteiger partial charge < -0.3 is 0 Å². The first kappa shape index (κ1) is 15.7. The zero-order valence-electron chi connectivity index (χ0n) is 14.4. The van der Waals surface area contributed by atoms with E-state index >= 15 is 0 Å². The van der Waals surface area contributed by atoms with Gasteiger partial charge in [0.2, 0.25) is 0 Å². The fourth-order valence-electron chi connectivity index (χ4n) is 4.34. The Morgan fingerprint density at radius 1 is 1.04 bits per heavy atom. The highest BCUT2D eigenvalue weighted by molar-refractivity contribution is 6.33. The van der Waals surface area contributed by atoms with Crippen LogP contribution in [0.25, 0.3) is 0 Å². The highest BCUT2D eigenvalue weighted by Crippen LogP contribution is 2.53. The number of hydrogen-bond acceptors (Lipinski definition) is 2. The van der Waals surface area contributed by atoms with Crippen LogP contribution >= 0.6 is 11.6 Å². The molecule has 2 nitrogen and oxygen atoms in total. The van der Waals surface area contributed by atoms with Gasteiger partial charge in [0, 0.05) is 5.92 Å². The second kappa shape index (κ2) is 5.63. The van der Waals surface area contributed by atoms with Gasteiger partial charge in [0.15, 0.2) is 0 Å². The third-order valence-electron chi connectivity index (χ3n) is 6.02. The van der Waals surface area contributed by atoms with E-state index in [-0.39, 0.29) is 5.41 Å². The number of nitrogens with zero attached hydrogens (tertiary/aromatic N) is 2. The van der Waals surface area contributed by atoms with Gasteiger partial charge in [0.05, 0.1) is 22.5 Å². The van der Waals surface area contributed by atoms with Crippen molar-refractivity contribution in [3.05, 3.63) is 65.2 Å². The van der Waals surface area contributed by atoms with Crippen LogP contribution in [0.1, 0.15) is 32.8 Å². The molecule has 1 fully saturated rings. The number of para-hydroxylation sites is 1. The molecule has 3 heteroatoms. The van der Waals surface area contributed by atoms with Gasteiger partial charge in [-0.15, -0.1) is 0 Å². The Bertz CT molecular complexity index is 781. The summed E-state index contributed by atoms with van der Waals surface area (Å²) in [5.74, 6) is 1.10. The van der Waals surface area contributed by atoms with Crippen LogP contribution in [-0.2, 0) is 0 Å².